The second-order valence-electron chi connectivity index (χ2n) is 6.11. The van der Waals surface area contributed by atoms with E-state index in [0.29, 0.717) is 0 Å². The summed E-state index contributed by atoms with van der Waals surface area (Å²) in [6.45, 7) is 5.00. The summed E-state index contributed by atoms with van der Waals surface area (Å²) in [5.74, 6) is -0.249. The van der Waals surface area contributed by atoms with Crippen molar-refractivity contribution in [2.24, 2.45) is 0 Å². The molecule has 0 saturated carbocycles. The molecule has 1 heterocycles. The number of carbonyl (C=O) groups excluding carboxylic acids is 2. The molecular formula is C19H21N3O2. The van der Waals surface area contributed by atoms with Gasteiger partial charge in [-0.3, -0.25) is 10.1 Å². The van der Waals surface area contributed by atoms with Gasteiger partial charge in [0.1, 0.15) is 0 Å². The van der Waals surface area contributed by atoms with E-state index in [2.05, 4.69) is 48.0 Å². The summed E-state index contributed by atoms with van der Waals surface area (Å²) in [5.41, 5.74) is 5.80. The smallest absolute Gasteiger partial charge is 0.321 e. The maximum atomic E-state index is 11.5. The number of benzene rings is 2. The van der Waals surface area contributed by atoms with Gasteiger partial charge in [-0.25, -0.2) is 4.79 Å². The number of amides is 3. The van der Waals surface area contributed by atoms with Crippen LogP contribution in [0.25, 0.3) is 0 Å². The number of anilines is 1. The van der Waals surface area contributed by atoms with Gasteiger partial charge in [-0.15, -0.1) is 0 Å². The van der Waals surface area contributed by atoms with Crippen molar-refractivity contribution in [2.45, 2.75) is 32.9 Å². The summed E-state index contributed by atoms with van der Waals surface area (Å²) in [6, 6.07) is 13.4. The lowest BCUT2D eigenvalue weighted by atomic mass is 10.0. The highest BCUT2D eigenvalue weighted by atomic mass is 16.2. The fourth-order valence-corrected chi connectivity index (χ4v) is 2.84. The fourth-order valence-electron chi connectivity index (χ4n) is 2.84. The highest BCUT2D eigenvalue weighted by molar-refractivity contribution is 5.97. The maximum Gasteiger partial charge on any atom is 0.321 e. The van der Waals surface area contributed by atoms with Crippen LogP contribution in [0.1, 0.15) is 34.7 Å². The van der Waals surface area contributed by atoms with Gasteiger partial charge in [0, 0.05) is 12.2 Å². The molecule has 1 aliphatic heterocycles. The van der Waals surface area contributed by atoms with Gasteiger partial charge in [0.25, 0.3) is 0 Å². The second-order valence-corrected chi connectivity index (χ2v) is 6.11. The van der Waals surface area contributed by atoms with Gasteiger partial charge in [-0.1, -0.05) is 30.3 Å². The molecule has 3 amide bonds. The SMILES string of the molecule is Cc1cccc(CNc2ccc(C3CC(=O)NC(=O)N3)cc2)c1C. The Morgan fingerprint density at radius 3 is 2.54 bits per heavy atom. The molecular weight excluding hydrogens is 302 g/mol. The van der Waals surface area contributed by atoms with Gasteiger partial charge in [0.2, 0.25) is 5.91 Å². The molecule has 5 nitrogen and oxygen atoms in total. The first-order chi connectivity index (χ1) is 11.5. The number of hydrogen-bond donors (Lipinski definition) is 3. The topological polar surface area (TPSA) is 70.2 Å². The van der Waals surface area contributed by atoms with Gasteiger partial charge in [0.05, 0.1) is 12.5 Å². The molecule has 0 spiro atoms. The Morgan fingerprint density at radius 1 is 1.08 bits per heavy atom. The van der Waals surface area contributed by atoms with Gasteiger partial charge in [-0.2, -0.15) is 0 Å². The van der Waals surface area contributed by atoms with Crippen LogP contribution in [0.5, 0.6) is 0 Å². The highest BCUT2D eigenvalue weighted by Gasteiger charge is 2.24. The van der Waals surface area contributed by atoms with E-state index in [9.17, 15) is 9.59 Å². The van der Waals surface area contributed by atoms with Crippen molar-refractivity contribution in [2.75, 3.05) is 5.32 Å². The summed E-state index contributed by atoms with van der Waals surface area (Å²) in [5, 5.41) is 8.41. The monoisotopic (exact) mass is 323 g/mol. The molecule has 3 N–H and O–H groups in total. The predicted octanol–water partition coefficient (Wildman–Crippen LogP) is 3.19. The Labute approximate surface area is 141 Å². The van der Waals surface area contributed by atoms with Gasteiger partial charge in [-0.05, 0) is 48.2 Å². The van der Waals surface area contributed by atoms with E-state index >= 15 is 0 Å². The van der Waals surface area contributed by atoms with Crippen LogP contribution in [-0.4, -0.2) is 11.9 Å². The lowest BCUT2D eigenvalue weighted by Gasteiger charge is -2.23. The van der Waals surface area contributed by atoms with E-state index in [1.807, 2.05) is 24.3 Å². The first-order valence-corrected chi connectivity index (χ1v) is 8.02. The average molecular weight is 323 g/mol. The van der Waals surface area contributed by atoms with E-state index in [-0.39, 0.29) is 18.4 Å². The largest absolute Gasteiger partial charge is 0.381 e. The summed E-state index contributed by atoms with van der Waals surface area (Å²) in [7, 11) is 0. The Kier molecular flexibility index (Phi) is 4.51. The zero-order valence-corrected chi connectivity index (χ0v) is 13.8. The molecule has 1 aliphatic rings. The molecule has 2 aromatic rings. The number of carbonyl (C=O) groups is 2. The van der Waals surface area contributed by atoms with Crippen LogP contribution in [0.15, 0.2) is 42.5 Å². The minimum atomic E-state index is -0.437. The van der Waals surface area contributed by atoms with Crippen LogP contribution in [0.3, 0.4) is 0 Å². The third-order valence-corrected chi connectivity index (χ3v) is 4.46. The predicted molar refractivity (Wildman–Crippen MR) is 93.7 cm³/mol. The van der Waals surface area contributed by atoms with Gasteiger partial charge in [0.15, 0.2) is 0 Å². The molecule has 0 aromatic heterocycles. The lowest BCUT2D eigenvalue weighted by Crippen LogP contribution is -2.48. The number of rotatable bonds is 4. The number of aryl methyl sites for hydroxylation is 1. The molecule has 24 heavy (non-hydrogen) atoms. The molecule has 124 valence electrons. The first-order valence-electron chi connectivity index (χ1n) is 8.02. The molecule has 3 rings (SSSR count). The minimum Gasteiger partial charge on any atom is -0.381 e. The standard InChI is InChI=1S/C19H21N3O2/c1-12-4-3-5-15(13(12)2)11-20-16-8-6-14(7-9-16)17-10-18(23)22-19(24)21-17/h3-9,17,20H,10-11H2,1-2H3,(H2,21,22,23,24). The molecule has 1 saturated heterocycles. The third-order valence-electron chi connectivity index (χ3n) is 4.46. The van der Waals surface area contributed by atoms with Gasteiger partial charge >= 0.3 is 6.03 Å². The van der Waals surface area contributed by atoms with E-state index < -0.39 is 6.03 Å². The number of hydrogen-bond acceptors (Lipinski definition) is 3. The van der Waals surface area contributed by atoms with Crippen molar-refractivity contribution in [1.29, 1.82) is 0 Å². The zero-order valence-electron chi connectivity index (χ0n) is 13.8. The van der Waals surface area contributed by atoms with Crippen LogP contribution in [-0.2, 0) is 11.3 Å². The molecule has 2 aromatic carbocycles. The van der Waals surface area contributed by atoms with Crippen molar-refractivity contribution in [3.05, 3.63) is 64.7 Å². The first kappa shape index (κ1) is 16.1. The highest BCUT2D eigenvalue weighted by Crippen LogP contribution is 2.22. The average Bonchev–Trinajstić information content (AvgIpc) is 2.56. The van der Waals surface area contributed by atoms with Gasteiger partial charge < -0.3 is 10.6 Å². The molecule has 0 bridgehead atoms. The Morgan fingerprint density at radius 2 is 1.83 bits per heavy atom. The fraction of sp³-hybridized carbons (Fsp3) is 0.263. The lowest BCUT2D eigenvalue weighted by molar-refractivity contribution is -0.121. The minimum absolute atomic E-state index is 0.249. The normalized spacial score (nSPS) is 17.2. The van der Waals surface area contributed by atoms with Crippen LogP contribution < -0.4 is 16.0 Å². The third kappa shape index (κ3) is 3.56. The molecule has 5 heteroatoms. The maximum absolute atomic E-state index is 11.5. The quantitative estimate of drug-likeness (QED) is 0.809. The Bertz CT molecular complexity index is 753. The number of nitrogens with one attached hydrogen (secondary N) is 3. The molecule has 1 atom stereocenters. The van der Waals surface area contributed by atoms with E-state index in [4.69, 9.17) is 0 Å². The van der Waals surface area contributed by atoms with Crippen molar-refractivity contribution in [3.63, 3.8) is 0 Å². The number of urea groups is 1. The van der Waals surface area contributed by atoms with Crippen molar-refractivity contribution < 1.29 is 9.59 Å². The Hall–Kier alpha value is -2.82. The van der Waals surface area contributed by atoms with Crippen molar-refractivity contribution >= 4 is 17.6 Å². The van der Waals surface area contributed by atoms with Crippen molar-refractivity contribution in [3.8, 4) is 0 Å². The van der Waals surface area contributed by atoms with E-state index in [1.165, 1.54) is 16.7 Å². The van der Waals surface area contributed by atoms with Crippen LogP contribution in [0.4, 0.5) is 10.5 Å². The molecule has 0 radical (unpaired) electrons. The van der Waals surface area contributed by atoms with Crippen LogP contribution in [0, 0.1) is 13.8 Å². The van der Waals surface area contributed by atoms with Crippen LogP contribution in [0.2, 0.25) is 0 Å². The Balaban J connectivity index is 1.65. The van der Waals surface area contributed by atoms with Crippen LogP contribution >= 0.6 is 0 Å². The summed E-state index contributed by atoms with van der Waals surface area (Å²) in [4.78, 5) is 22.8. The van der Waals surface area contributed by atoms with E-state index in [0.717, 1.165) is 17.8 Å². The summed E-state index contributed by atoms with van der Waals surface area (Å²) in [6.07, 6.45) is 0.265. The zero-order chi connectivity index (χ0) is 17.1. The molecule has 1 unspecified atom stereocenters. The molecule has 0 aliphatic carbocycles. The molecule has 1 fully saturated rings. The van der Waals surface area contributed by atoms with E-state index in [1.54, 1.807) is 0 Å². The second kappa shape index (κ2) is 6.74. The van der Waals surface area contributed by atoms with Crippen molar-refractivity contribution in [1.82, 2.24) is 10.6 Å². The summed E-state index contributed by atoms with van der Waals surface area (Å²) >= 11 is 0. The summed E-state index contributed by atoms with van der Waals surface area (Å²) < 4.78 is 0. The number of imide groups is 1.